The Hall–Kier alpha value is -1.60. The molecule has 1 unspecified atom stereocenters. The van der Waals surface area contributed by atoms with Gasteiger partial charge in [-0.15, -0.1) is 0 Å². The minimum Gasteiger partial charge on any atom is -0.324 e. The van der Waals surface area contributed by atoms with Gasteiger partial charge in [0.2, 0.25) is 5.91 Å². The van der Waals surface area contributed by atoms with E-state index in [1.807, 2.05) is 6.92 Å². The van der Waals surface area contributed by atoms with Crippen LogP contribution >= 0.6 is 15.9 Å². The molecular formula is C11H13BrN4O2. The molecule has 1 amide bonds. The average Bonchev–Trinajstić information content (AvgIpc) is 2.67. The molecule has 0 fully saturated rings. The van der Waals surface area contributed by atoms with Crippen LogP contribution in [0.1, 0.15) is 13.3 Å². The van der Waals surface area contributed by atoms with Crippen molar-refractivity contribution in [3.63, 3.8) is 0 Å². The van der Waals surface area contributed by atoms with E-state index >= 15 is 0 Å². The lowest BCUT2D eigenvalue weighted by molar-refractivity contribution is -0.117. The molecule has 5 N–H and O–H groups in total. The monoisotopic (exact) mass is 312 g/mol. The summed E-state index contributed by atoms with van der Waals surface area (Å²) in [6.07, 6.45) is 0.562. The zero-order valence-corrected chi connectivity index (χ0v) is 11.3. The highest BCUT2D eigenvalue weighted by Crippen LogP contribution is 2.26. The molecule has 0 saturated carbocycles. The Balaban J connectivity index is 2.36. The number of hydrogen-bond donors (Lipinski definition) is 4. The van der Waals surface area contributed by atoms with Crippen molar-refractivity contribution in [2.75, 3.05) is 5.32 Å². The first-order chi connectivity index (χ1) is 8.51. The van der Waals surface area contributed by atoms with Crippen LogP contribution in [0, 0.1) is 0 Å². The highest BCUT2D eigenvalue weighted by Gasteiger charge is 2.13. The van der Waals surface area contributed by atoms with Gasteiger partial charge in [0.15, 0.2) is 0 Å². The lowest BCUT2D eigenvalue weighted by Crippen LogP contribution is -2.34. The fourth-order valence-corrected chi connectivity index (χ4v) is 2.01. The number of halogens is 1. The van der Waals surface area contributed by atoms with E-state index in [1.54, 1.807) is 12.1 Å². The number of fused-ring (bicyclic) bond motifs is 1. The Labute approximate surface area is 111 Å². The number of aromatic nitrogens is 2. The largest absolute Gasteiger partial charge is 0.324 e. The zero-order chi connectivity index (χ0) is 13.3. The van der Waals surface area contributed by atoms with Gasteiger partial charge < -0.3 is 21.0 Å². The third-order valence-corrected chi connectivity index (χ3v) is 3.29. The number of nitrogens with one attached hydrogen (secondary N) is 3. The maximum atomic E-state index is 11.7. The van der Waals surface area contributed by atoms with Crippen LogP contribution in [0.4, 0.5) is 5.69 Å². The van der Waals surface area contributed by atoms with Crippen LogP contribution in [-0.2, 0) is 4.79 Å². The molecule has 0 aliphatic carbocycles. The number of aromatic amines is 2. The highest BCUT2D eigenvalue weighted by molar-refractivity contribution is 9.10. The third kappa shape index (κ3) is 2.46. The molecule has 1 aromatic carbocycles. The van der Waals surface area contributed by atoms with Gasteiger partial charge in [-0.1, -0.05) is 6.92 Å². The van der Waals surface area contributed by atoms with Gasteiger partial charge in [0, 0.05) is 4.47 Å². The van der Waals surface area contributed by atoms with Gasteiger partial charge in [-0.2, -0.15) is 0 Å². The van der Waals surface area contributed by atoms with Gasteiger partial charge >= 0.3 is 5.69 Å². The number of hydrogen-bond acceptors (Lipinski definition) is 3. The molecule has 0 aliphatic heterocycles. The Kier molecular flexibility index (Phi) is 3.53. The van der Waals surface area contributed by atoms with Gasteiger partial charge in [0.1, 0.15) is 0 Å². The summed E-state index contributed by atoms with van der Waals surface area (Å²) in [6, 6.07) is 2.86. The maximum Gasteiger partial charge on any atom is 0.323 e. The summed E-state index contributed by atoms with van der Waals surface area (Å²) in [5.41, 5.74) is 7.23. The topological polar surface area (TPSA) is 104 Å². The Morgan fingerprint density at radius 1 is 1.44 bits per heavy atom. The molecule has 2 aromatic rings. The van der Waals surface area contributed by atoms with Crippen molar-refractivity contribution in [2.45, 2.75) is 19.4 Å². The van der Waals surface area contributed by atoms with Crippen molar-refractivity contribution in [2.24, 2.45) is 5.73 Å². The van der Waals surface area contributed by atoms with Crippen LogP contribution in [-0.4, -0.2) is 21.9 Å². The van der Waals surface area contributed by atoms with E-state index in [-0.39, 0.29) is 11.6 Å². The fourth-order valence-electron chi connectivity index (χ4n) is 1.56. The van der Waals surface area contributed by atoms with Gasteiger partial charge in [-0.05, 0) is 34.5 Å². The standard InChI is InChI=1S/C11H13BrN4O2/c1-2-6(13)10(17)14-7-4-9-8(3-5(7)12)15-11(18)16-9/h3-4,6H,2,13H2,1H3,(H,14,17)(H2,15,16,18). The number of imidazole rings is 1. The predicted octanol–water partition coefficient (Wildman–Crippen LogP) is 1.29. The molecule has 18 heavy (non-hydrogen) atoms. The van der Waals surface area contributed by atoms with Crippen LogP contribution in [0.25, 0.3) is 11.0 Å². The van der Waals surface area contributed by atoms with Gasteiger partial charge in [0.05, 0.1) is 22.8 Å². The number of rotatable bonds is 3. The van der Waals surface area contributed by atoms with Crippen LogP contribution < -0.4 is 16.7 Å². The number of carbonyl (C=O) groups excluding carboxylic acids is 1. The summed E-state index contributed by atoms with van der Waals surface area (Å²) in [4.78, 5) is 28.1. The molecule has 0 saturated heterocycles. The van der Waals surface area contributed by atoms with Crippen molar-refractivity contribution >= 4 is 38.6 Å². The number of benzene rings is 1. The van der Waals surface area contributed by atoms with Gasteiger partial charge in [-0.25, -0.2) is 4.79 Å². The van der Waals surface area contributed by atoms with Gasteiger partial charge in [-0.3, -0.25) is 4.79 Å². The van der Waals surface area contributed by atoms with E-state index in [9.17, 15) is 9.59 Å². The van der Waals surface area contributed by atoms with Crippen LogP contribution in [0.15, 0.2) is 21.4 Å². The normalized spacial score (nSPS) is 12.6. The molecule has 0 spiro atoms. The first kappa shape index (κ1) is 12.8. The number of anilines is 1. The summed E-state index contributed by atoms with van der Waals surface area (Å²) in [7, 11) is 0. The van der Waals surface area contributed by atoms with Gasteiger partial charge in [0.25, 0.3) is 0 Å². The quantitative estimate of drug-likeness (QED) is 0.686. The summed E-state index contributed by atoms with van der Waals surface area (Å²) >= 11 is 3.33. The molecule has 2 rings (SSSR count). The molecule has 1 aromatic heterocycles. The van der Waals surface area contributed by atoms with Crippen LogP contribution in [0.3, 0.4) is 0 Å². The van der Waals surface area contributed by atoms with Crippen molar-refractivity contribution in [1.82, 2.24) is 9.97 Å². The molecule has 0 aliphatic rings. The SMILES string of the molecule is CCC(N)C(=O)Nc1cc2[nH]c(=O)[nH]c2cc1Br. The second-order valence-electron chi connectivity index (χ2n) is 3.96. The molecule has 1 heterocycles. The molecule has 96 valence electrons. The summed E-state index contributed by atoms with van der Waals surface area (Å²) in [5, 5.41) is 2.72. The van der Waals surface area contributed by atoms with E-state index < -0.39 is 6.04 Å². The molecule has 7 heteroatoms. The van der Waals surface area contributed by atoms with E-state index in [0.29, 0.717) is 27.6 Å². The predicted molar refractivity (Wildman–Crippen MR) is 73.5 cm³/mol. The fraction of sp³-hybridized carbons (Fsp3) is 0.273. The average molecular weight is 313 g/mol. The van der Waals surface area contributed by atoms with E-state index in [2.05, 4.69) is 31.2 Å². The molecule has 0 radical (unpaired) electrons. The highest BCUT2D eigenvalue weighted by atomic mass is 79.9. The third-order valence-electron chi connectivity index (χ3n) is 2.64. The first-order valence-corrected chi connectivity index (χ1v) is 6.28. The van der Waals surface area contributed by atoms with Crippen molar-refractivity contribution in [1.29, 1.82) is 0 Å². The summed E-state index contributed by atoms with van der Waals surface area (Å²) < 4.78 is 0.682. The lowest BCUT2D eigenvalue weighted by Gasteiger charge is -2.11. The first-order valence-electron chi connectivity index (χ1n) is 5.49. The smallest absolute Gasteiger partial charge is 0.323 e. The Bertz CT molecular complexity index is 646. The van der Waals surface area contributed by atoms with Crippen LogP contribution in [0.2, 0.25) is 0 Å². The Morgan fingerprint density at radius 3 is 2.67 bits per heavy atom. The minimum atomic E-state index is -0.544. The lowest BCUT2D eigenvalue weighted by atomic mass is 10.2. The molecule has 1 atom stereocenters. The van der Waals surface area contributed by atoms with Crippen molar-refractivity contribution < 1.29 is 4.79 Å². The molecular weight excluding hydrogens is 300 g/mol. The van der Waals surface area contributed by atoms with E-state index in [0.717, 1.165) is 0 Å². The van der Waals surface area contributed by atoms with Crippen molar-refractivity contribution in [3.05, 3.63) is 27.1 Å². The number of carbonyl (C=O) groups is 1. The number of amides is 1. The van der Waals surface area contributed by atoms with E-state index in [4.69, 9.17) is 5.73 Å². The maximum absolute atomic E-state index is 11.7. The summed E-state index contributed by atoms with van der Waals surface area (Å²) in [5.74, 6) is -0.254. The van der Waals surface area contributed by atoms with Crippen molar-refractivity contribution in [3.8, 4) is 0 Å². The molecule has 0 bridgehead atoms. The second-order valence-corrected chi connectivity index (χ2v) is 4.82. The number of nitrogens with two attached hydrogens (primary N) is 1. The number of H-pyrrole nitrogens is 2. The Morgan fingerprint density at radius 2 is 2.06 bits per heavy atom. The summed E-state index contributed by atoms with van der Waals surface area (Å²) in [6.45, 7) is 1.84. The van der Waals surface area contributed by atoms with E-state index in [1.165, 1.54) is 0 Å². The second kappa shape index (κ2) is 4.95. The zero-order valence-electron chi connectivity index (χ0n) is 9.71. The minimum absolute atomic E-state index is 0.254. The molecule has 6 nitrogen and oxygen atoms in total. The van der Waals surface area contributed by atoms with Crippen LogP contribution in [0.5, 0.6) is 0 Å².